The van der Waals surface area contributed by atoms with E-state index in [4.69, 9.17) is 14.2 Å². The second kappa shape index (κ2) is 9.20. The van der Waals surface area contributed by atoms with Crippen molar-refractivity contribution in [3.63, 3.8) is 0 Å². The van der Waals surface area contributed by atoms with Gasteiger partial charge in [0.25, 0.3) is 0 Å². The molecule has 0 unspecified atom stereocenters. The molecule has 0 atom stereocenters. The summed E-state index contributed by atoms with van der Waals surface area (Å²) in [6.07, 6.45) is 1.84. The topological polar surface area (TPSA) is 65.1 Å². The molecule has 0 fully saturated rings. The highest BCUT2D eigenvalue weighted by molar-refractivity contribution is 6.15. The van der Waals surface area contributed by atoms with Crippen LogP contribution in [0.5, 0.6) is 17.2 Å². The Bertz CT molecular complexity index is 1220. The Hall–Kier alpha value is -4.06. The van der Waals surface area contributed by atoms with E-state index in [1.807, 2.05) is 55.4 Å². The summed E-state index contributed by atoms with van der Waals surface area (Å²) >= 11 is 0. The van der Waals surface area contributed by atoms with Crippen LogP contribution < -0.4 is 19.1 Å². The Morgan fingerprint density at radius 1 is 1.00 bits per heavy atom. The fourth-order valence-corrected chi connectivity index (χ4v) is 3.57. The van der Waals surface area contributed by atoms with Crippen molar-refractivity contribution in [1.29, 1.82) is 0 Å². The molecule has 6 heteroatoms. The number of fused-ring (bicyclic) bond motifs is 1. The number of anilines is 1. The summed E-state index contributed by atoms with van der Waals surface area (Å²) in [4.78, 5) is 27.3. The van der Waals surface area contributed by atoms with E-state index in [2.05, 4.69) is 0 Å². The SMILES string of the molecule is COc1ccc(CC(=O)Oc2ccc3c(c2C)O/C(=C\c2ccc(N(C)C)cc2)C3=O)cc1. The molecule has 0 saturated heterocycles. The van der Waals surface area contributed by atoms with E-state index in [-0.39, 0.29) is 18.0 Å². The number of Topliss-reactive ketones (excluding diaryl/α,β-unsaturated/α-hetero) is 1. The summed E-state index contributed by atoms with van der Waals surface area (Å²) in [5, 5.41) is 0. The fraction of sp³-hybridized carbons (Fsp3) is 0.185. The van der Waals surface area contributed by atoms with Gasteiger partial charge in [-0.05, 0) is 60.5 Å². The van der Waals surface area contributed by atoms with Gasteiger partial charge in [0.15, 0.2) is 5.76 Å². The van der Waals surface area contributed by atoms with Crippen molar-refractivity contribution in [3.8, 4) is 17.2 Å². The van der Waals surface area contributed by atoms with Crippen LogP contribution in [-0.4, -0.2) is 33.0 Å². The van der Waals surface area contributed by atoms with Crippen molar-refractivity contribution in [1.82, 2.24) is 0 Å². The second-order valence-electron chi connectivity index (χ2n) is 7.99. The van der Waals surface area contributed by atoms with E-state index in [0.29, 0.717) is 22.6 Å². The molecule has 0 N–H and O–H groups in total. The third kappa shape index (κ3) is 4.75. The minimum atomic E-state index is -0.399. The third-order valence-corrected chi connectivity index (χ3v) is 5.48. The van der Waals surface area contributed by atoms with Crippen molar-refractivity contribution in [2.45, 2.75) is 13.3 Å². The number of methoxy groups -OCH3 is 1. The Labute approximate surface area is 193 Å². The summed E-state index contributed by atoms with van der Waals surface area (Å²) in [7, 11) is 5.53. The number of allylic oxidation sites excluding steroid dienone is 1. The minimum absolute atomic E-state index is 0.119. The van der Waals surface area contributed by atoms with Gasteiger partial charge in [-0.15, -0.1) is 0 Å². The quantitative estimate of drug-likeness (QED) is 0.309. The highest BCUT2D eigenvalue weighted by Crippen LogP contribution is 2.39. The smallest absolute Gasteiger partial charge is 0.315 e. The van der Waals surface area contributed by atoms with Gasteiger partial charge < -0.3 is 19.1 Å². The molecule has 0 amide bonds. The molecule has 0 aromatic heterocycles. The first-order valence-corrected chi connectivity index (χ1v) is 10.5. The molecule has 1 aliphatic rings. The molecule has 0 aliphatic carbocycles. The van der Waals surface area contributed by atoms with E-state index >= 15 is 0 Å². The van der Waals surface area contributed by atoms with Crippen molar-refractivity contribution in [2.75, 3.05) is 26.1 Å². The second-order valence-corrected chi connectivity index (χ2v) is 7.99. The van der Waals surface area contributed by atoms with Crippen LogP contribution in [0.1, 0.15) is 27.0 Å². The molecular formula is C27H25NO5. The fourth-order valence-electron chi connectivity index (χ4n) is 3.57. The molecule has 0 spiro atoms. The highest BCUT2D eigenvalue weighted by Gasteiger charge is 2.30. The number of rotatable bonds is 6. The van der Waals surface area contributed by atoms with Gasteiger partial charge in [-0.1, -0.05) is 24.3 Å². The lowest BCUT2D eigenvalue weighted by atomic mass is 10.1. The van der Waals surface area contributed by atoms with Crippen molar-refractivity contribution < 1.29 is 23.8 Å². The number of hydrogen-bond donors (Lipinski definition) is 0. The Morgan fingerprint density at radius 2 is 1.70 bits per heavy atom. The molecule has 3 aromatic carbocycles. The van der Waals surface area contributed by atoms with Crippen LogP contribution in [0.25, 0.3) is 6.08 Å². The van der Waals surface area contributed by atoms with Gasteiger partial charge in [-0.3, -0.25) is 9.59 Å². The summed E-state index contributed by atoms with van der Waals surface area (Å²) in [5.41, 5.74) is 3.81. The number of carbonyl (C=O) groups is 2. The van der Waals surface area contributed by atoms with E-state index in [9.17, 15) is 9.59 Å². The highest BCUT2D eigenvalue weighted by atomic mass is 16.5. The van der Waals surface area contributed by atoms with Gasteiger partial charge in [-0.2, -0.15) is 0 Å². The number of ether oxygens (including phenoxy) is 3. The standard InChI is InChI=1S/C27H25NO5/c1-17-23(32-25(29)16-19-7-11-21(31-4)12-8-19)14-13-22-26(30)24(33-27(17)22)15-18-5-9-20(10-6-18)28(2)3/h5-15H,16H2,1-4H3/b24-15-. The predicted octanol–water partition coefficient (Wildman–Crippen LogP) is 4.83. The van der Waals surface area contributed by atoms with E-state index in [1.54, 1.807) is 44.4 Å². The van der Waals surface area contributed by atoms with Crippen LogP contribution in [-0.2, 0) is 11.2 Å². The zero-order valence-corrected chi connectivity index (χ0v) is 19.0. The van der Waals surface area contributed by atoms with Crippen LogP contribution in [0.4, 0.5) is 5.69 Å². The van der Waals surface area contributed by atoms with Gasteiger partial charge >= 0.3 is 5.97 Å². The monoisotopic (exact) mass is 443 g/mol. The van der Waals surface area contributed by atoms with Crippen LogP contribution in [0.15, 0.2) is 66.4 Å². The molecule has 0 bridgehead atoms. The lowest BCUT2D eigenvalue weighted by Gasteiger charge is -2.12. The Balaban J connectivity index is 1.49. The zero-order valence-electron chi connectivity index (χ0n) is 19.0. The Kier molecular flexibility index (Phi) is 6.18. The zero-order chi connectivity index (χ0) is 23.5. The largest absolute Gasteiger partial charge is 0.497 e. The van der Waals surface area contributed by atoms with E-state index in [1.165, 1.54) is 0 Å². The van der Waals surface area contributed by atoms with Crippen LogP contribution in [0.2, 0.25) is 0 Å². The molecule has 6 nitrogen and oxygen atoms in total. The number of hydrogen-bond acceptors (Lipinski definition) is 6. The predicted molar refractivity (Wildman–Crippen MR) is 127 cm³/mol. The normalized spacial score (nSPS) is 13.5. The first-order valence-electron chi connectivity index (χ1n) is 10.5. The number of carbonyl (C=O) groups excluding carboxylic acids is 2. The summed E-state index contributed by atoms with van der Waals surface area (Å²) in [6, 6.07) is 18.3. The number of esters is 1. The molecule has 33 heavy (non-hydrogen) atoms. The molecule has 3 aromatic rings. The average molecular weight is 443 g/mol. The Morgan fingerprint density at radius 3 is 2.33 bits per heavy atom. The molecule has 0 radical (unpaired) electrons. The number of ketones is 1. The number of nitrogens with zero attached hydrogens (tertiary/aromatic N) is 1. The first-order chi connectivity index (χ1) is 15.9. The van der Waals surface area contributed by atoms with Crippen LogP contribution in [0.3, 0.4) is 0 Å². The van der Waals surface area contributed by atoms with Gasteiger partial charge in [0.1, 0.15) is 17.2 Å². The molecule has 1 aliphatic heterocycles. The third-order valence-electron chi connectivity index (χ3n) is 5.48. The maximum absolute atomic E-state index is 12.8. The van der Waals surface area contributed by atoms with Crippen LogP contribution >= 0.6 is 0 Å². The summed E-state index contributed by atoms with van der Waals surface area (Å²) < 4.78 is 16.6. The van der Waals surface area contributed by atoms with E-state index in [0.717, 1.165) is 22.6 Å². The maximum atomic E-state index is 12.8. The summed E-state index contributed by atoms with van der Waals surface area (Å²) in [6.45, 7) is 1.77. The lowest BCUT2D eigenvalue weighted by Crippen LogP contribution is -2.12. The summed E-state index contributed by atoms with van der Waals surface area (Å²) in [5.74, 6) is 1.17. The maximum Gasteiger partial charge on any atom is 0.315 e. The molecule has 1 heterocycles. The molecule has 0 saturated carbocycles. The van der Waals surface area contributed by atoms with Gasteiger partial charge in [-0.25, -0.2) is 0 Å². The van der Waals surface area contributed by atoms with Crippen molar-refractivity contribution in [3.05, 3.63) is 88.7 Å². The van der Waals surface area contributed by atoms with E-state index < -0.39 is 5.97 Å². The van der Waals surface area contributed by atoms with Crippen molar-refractivity contribution >= 4 is 23.5 Å². The van der Waals surface area contributed by atoms with Gasteiger partial charge in [0.05, 0.1) is 19.1 Å². The van der Waals surface area contributed by atoms with Crippen LogP contribution in [0, 0.1) is 6.92 Å². The van der Waals surface area contributed by atoms with Gasteiger partial charge in [0, 0.05) is 25.3 Å². The molecule has 168 valence electrons. The average Bonchev–Trinajstić information content (AvgIpc) is 3.12. The number of benzene rings is 3. The van der Waals surface area contributed by atoms with Crippen molar-refractivity contribution in [2.24, 2.45) is 0 Å². The first kappa shape index (κ1) is 22.1. The van der Waals surface area contributed by atoms with Gasteiger partial charge in [0.2, 0.25) is 5.78 Å². The lowest BCUT2D eigenvalue weighted by molar-refractivity contribution is -0.133. The molecule has 4 rings (SSSR count). The molecular weight excluding hydrogens is 418 g/mol. The minimum Gasteiger partial charge on any atom is -0.497 e.